The monoisotopic (exact) mass is 339 g/mol. The number of benzene rings is 1. The van der Waals surface area contributed by atoms with Crippen molar-refractivity contribution in [1.29, 1.82) is 0 Å². The number of nitrogens with one attached hydrogen (secondary N) is 1. The van der Waals surface area contributed by atoms with E-state index in [1.807, 2.05) is 6.07 Å². The molecule has 0 amide bonds. The lowest BCUT2D eigenvalue weighted by Crippen LogP contribution is -2.24. The zero-order chi connectivity index (χ0) is 13.2. The zero-order valence-corrected chi connectivity index (χ0v) is 12.6. The fourth-order valence-corrected chi connectivity index (χ4v) is 3.71. The number of aromatic hydroxyl groups is 1. The molecule has 0 bridgehead atoms. The van der Waals surface area contributed by atoms with Crippen molar-refractivity contribution in [2.45, 2.75) is 12.5 Å². The summed E-state index contributed by atoms with van der Waals surface area (Å²) in [5.41, 5.74) is 1.13. The molecule has 1 aliphatic heterocycles. The number of hydrogen-bond donors (Lipinski definition) is 2. The van der Waals surface area contributed by atoms with Gasteiger partial charge in [0.1, 0.15) is 18.1 Å². The van der Waals surface area contributed by atoms with Crippen molar-refractivity contribution in [2.24, 2.45) is 0 Å². The van der Waals surface area contributed by atoms with E-state index in [2.05, 4.69) is 33.4 Å². The molecule has 3 nitrogen and oxygen atoms in total. The van der Waals surface area contributed by atoms with Gasteiger partial charge in [0.2, 0.25) is 0 Å². The summed E-state index contributed by atoms with van der Waals surface area (Å²) in [5.74, 6) is 1.04. The molecular formula is C14H14BrNO2S. The van der Waals surface area contributed by atoms with Crippen molar-refractivity contribution in [3.63, 3.8) is 0 Å². The van der Waals surface area contributed by atoms with E-state index in [-0.39, 0.29) is 11.8 Å². The summed E-state index contributed by atoms with van der Waals surface area (Å²) >= 11 is 5.24. The van der Waals surface area contributed by atoms with Gasteiger partial charge >= 0.3 is 0 Å². The number of halogens is 1. The van der Waals surface area contributed by atoms with Gasteiger partial charge in [-0.25, -0.2) is 0 Å². The molecule has 100 valence electrons. The third-order valence-corrected chi connectivity index (χ3v) is 4.85. The Labute approximate surface area is 124 Å². The maximum Gasteiger partial charge on any atom is 0.127 e. The molecule has 0 fully saturated rings. The number of hydrogen-bond acceptors (Lipinski definition) is 4. The van der Waals surface area contributed by atoms with E-state index < -0.39 is 0 Å². The molecular weight excluding hydrogens is 326 g/mol. The van der Waals surface area contributed by atoms with E-state index in [1.54, 1.807) is 23.5 Å². The third kappa shape index (κ3) is 2.94. The van der Waals surface area contributed by atoms with Crippen LogP contribution in [0.25, 0.3) is 0 Å². The number of phenols is 1. The van der Waals surface area contributed by atoms with Crippen LogP contribution in [0.15, 0.2) is 34.1 Å². The summed E-state index contributed by atoms with van der Waals surface area (Å²) in [6, 6.07) is 9.76. The van der Waals surface area contributed by atoms with Crippen LogP contribution < -0.4 is 10.1 Å². The minimum absolute atomic E-state index is 0.221. The lowest BCUT2D eigenvalue weighted by molar-refractivity contribution is 0.311. The van der Waals surface area contributed by atoms with Crippen LogP contribution in [0.1, 0.15) is 16.5 Å². The van der Waals surface area contributed by atoms with E-state index >= 15 is 0 Å². The van der Waals surface area contributed by atoms with E-state index in [1.165, 1.54) is 8.66 Å². The highest BCUT2D eigenvalue weighted by atomic mass is 79.9. The summed E-state index contributed by atoms with van der Waals surface area (Å²) in [6.07, 6.45) is 1.01. The fourth-order valence-electron chi connectivity index (χ4n) is 2.22. The largest absolute Gasteiger partial charge is 0.508 e. The van der Waals surface area contributed by atoms with Crippen molar-refractivity contribution in [3.8, 4) is 11.5 Å². The zero-order valence-electron chi connectivity index (χ0n) is 10.2. The van der Waals surface area contributed by atoms with Crippen LogP contribution in [-0.2, 0) is 6.42 Å². The van der Waals surface area contributed by atoms with Crippen LogP contribution in [0.3, 0.4) is 0 Å². The molecule has 0 radical (unpaired) electrons. The standard InChI is InChI=1S/C14H14BrNO2S/c15-14-4-2-10(19-14)5-6-16-12-8-18-13-7-9(17)1-3-11(12)13/h1-4,7,12,16-17H,5-6,8H2. The number of thiophene rings is 1. The first kappa shape index (κ1) is 13.0. The van der Waals surface area contributed by atoms with Gasteiger partial charge in [0, 0.05) is 23.1 Å². The first-order chi connectivity index (χ1) is 9.22. The van der Waals surface area contributed by atoms with Crippen LogP contribution in [0.5, 0.6) is 11.5 Å². The Kier molecular flexibility index (Phi) is 3.77. The molecule has 1 aromatic carbocycles. The van der Waals surface area contributed by atoms with Gasteiger partial charge in [-0.1, -0.05) is 0 Å². The van der Waals surface area contributed by atoms with Crippen LogP contribution >= 0.6 is 27.3 Å². The summed E-state index contributed by atoms with van der Waals surface area (Å²) in [7, 11) is 0. The van der Waals surface area contributed by atoms with Crippen LogP contribution in [0.2, 0.25) is 0 Å². The quantitative estimate of drug-likeness (QED) is 0.895. The van der Waals surface area contributed by atoms with Crippen LogP contribution in [0.4, 0.5) is 0 Å². The molecule has 19 heavy (non-hydrogen) atoms. The van der Waals surface area contributed by atoms with Crippen molar-refractivity contribution >= 4 is 27.3 Å². The Bertz CT molecular complexity index is 585. The summed E-state index contributed by atoms with van der Waals surface area (Å²) in [6.45, 7) is 1.55. The number of phenolic OH excluding ortho intramolecular Hbond substituents is 1. The molecule has 0 aliphatic carbocycles. The Balaban J connectivity index is 1.58. The second kappa shape index (κ2) is 5.53. The highest BCUT2D eigenvalue weighted by Crippen LogP contribution is 2.34. The Morgan fingerprint density at radius 1 is 1.37 bits per heavy atom. The molecule has 3 rings (SSSR count). The average Bonchev–Trinajstić information content (AvgIpc) is 2.96. The number of rotatable bonds is 4. The molecule has 0 saturated carbocycles. The predicted octanol–water partition coefficient (Wildman–Crippen LogP) is 3.48. The third-order valence-electron chi connectivity index (χ3n) is 3.17. The minimum atomic E-state index is 0.221. The van der Waals surface area contributed by atoms with Crippen molar-refractivity contribution in [1.82, 2.24) is 5.32 Å². The van der Waals surface area contributed by atoms with Crippen molar-refractivity contribution in [2.75, 3.05) is 13.2 Å². The van der Waals surface area contributed by atoms with Gasteiger partial charge in [-0.15, -0.1) is 11.3 Å². The second-order valence-corrected chi connectivity index (χ2v) is 7.04. The molecule has 5 heteroatoms. The Hall–Kier alpha value is -1.04. The molecule has 2 heterocycles. The van der Waals surface area contributed by atoms with E-state index in [4.69, 9.17) is 4.74 Å². The second-order valence-electron chi connectivity index (χ2n) is 4.50. The molecule has 0 saturated heterocycles. The Morgan fingerprint density at radius 2 is 2.26 bits per heavy atom. The molecule has 1 aromatic heterocycles. The fraction of sp³-hybridized carbons (Fsp3) is 0.286. The lowest BCUT2D eigenvalue weighted by Gasteiger charge is -2.10. The van der Waals surface area contributed by atoms with Gasteiger partial charge in [0.15, 0.2) is 0 Å². The van der Waals surface area contributed by atoms with E-state index in [9.17, 15) is 5.11 Å². The molecule has 2 aromatic rings. The SMILES string of the molecule is Oc1ccc2c(c1)OCC2NCCc1ccc(Br)s1. The van der Waals surface area contributed by atoms with Gasteiger partial charge in [-0.2, -0.15) is 0 Å². The smallest absolute Gasteiger partial charge is 0.127 e. The number of ether oxygens (including phenoxy) is 1. The van der Waals surface area contributed by atoms with Gasteiger partial charge < -0.3 is 15.2 Å². The topological polar surface area (TPSA) is 41.5 Å². The molecule has 2 N–H and O–H groups in total. The van der Waals surface area contributed by atoms with E-state index in [0.29, 0.717) is 6.61 Å². The maximum absolute atomic E-state index is 9.41. The predicted molar refractivity (Wildman–Crippen MR) is 80.1 cm³/mol. The van der Waals surface area contributed by atoms with Crippen LogP contribution in [-0.4, -0.2) is 18.3 Å². The van der Waals surface area contributed by atoms with E-state index in [0.717, 1.165) is 24.3 Å². The maximum atomic E-state index is 9.41. The lowest BCUT2D eigenvalue weighted by atomic mass is 10.1. The Morgan fingerprint density at radius 3 is 3.05 bits per heavy atom. The van der Waals surface area contributed by atoms with Crippen molar-refractivity contribution < 1.29 is 9.84 Å². The van der Waals surface area contributed by atoms with Gasteiger partial charge in [-0.3, -0.25) is 0 Å². The van der Waals surface area contributed by atoms with Gasteiger partial charge in [0.05, 0.1) is 9.83 Å². The number of fused-ring (bicyclic) bond motifs is 1. The minimum Gasteiger partial charge on any atom is -0.508 e. The van der Waals surface area contributed by atoms with Gasteiger partial charge in [0.25, 0.3) is 0 Å². The molecule has 1 aliphatic rings. The summed E-state index contributed by atoms with van der Waals surface area (Å²) < 4.78 is 6.75. The molecule has 0 spiro atoms. The average molecular weight is 340 g/mol. The first-order valence-corrected chi connectivity index (χ1v) is 7.76. The van der Waals surface area contributed by atoms with Crippen LogP contribution in [0, 0.1) is 0 Å². The van der Waals surface area contributed by atoms with Gasteiger partial charge in [-0.05, 0) is 46.6 Å². The molecule has 1 atom stereocenters. The van der Waals surface area contributed by atoms with Crippen molar-refractivity contribution in [3.05, 3.63) is 44.6 Å². The molecule has 1 unspecified atom stereocenters. The summed E-state index contributed by atoms with van der Waals surface area (Å²) in [4.78, 5) is 1.37. The highest BCUT2D eigenvalue weighted by molar-refractivity contribution is 9.11. The highest BCUT2D eigenvalue weighted by Gasteiger charge is 2.23. The first-order valence-electron chi connectivity index (χ1n) is 6.16. The summed E-state index contributed by atoms with van der Waals surface area (Å²) in [5, 5.41) is 12.9. The normalized spacial score (nSPS) is 17.2.